The van der Waals surface area contributed by atoms with Crippen molar-refractivity contribution in [2.75, 3.05) is 32.7 Å². The lowest BCUT2D eigenvalue weighted by Crippen LogP contribution is -2.32. The van der Waals surface area contributed by atoms with Gasteiger partial charge in [-0.25, -0.2) is 0 Å². The average molecular weight is 367 g/mol. The van der Waals surface area contributed by atoms with E-state index >= 15 is 0 Å². The molecule has 2 saturated heterocycles. The Labute approximate surface area is 164 Å². The van der Waals surface area contributed by atoms with Gasteiger partial charge in [-0.2, -0.15) is 0 Å². The molecule has 4 rings (SSSR count). The number of hydrogen-bond donors (Lipinski definition) is 0. The highest BCUT2D eigenvalue weighted by atomic mass is 16.2. The van der Waals surface area contributed by atoms with Crippen LogP contribution in [0.15, 0.2) is 30.3 Å². The quantitative estimate of drug-likeness (QED) is 0.778. The molecule has 1 aromatic carbocycles. The predicted molar refractivity (Wildman–Crippen MR) is 111 cm³/mol. The van der Waals surface area contributed by atoms with E-state index in [0.717, 1.165) is 25.9 Å². The topological polar surface area (TPSA) is 23.6 Å². The molecule has 0 spiro atoms. The van der Waals surface area contributed by atoms with Crippen molar-refractivity contribution < 1.29 is 4.79 Å². The first-order valence-electron chi connectivity index (χ1n) is 10.9. The Hall–Kier alpha value is -1.61. The van der Waals surface area contributed by atoms with Crippen LogP contribution in [-0.4, -0.2) is 48.4 Å². The van der Waals surface area contributed by atoms with Crippen LogP contribution in [0.1, 0.15) is 50.7 Å². The first-order valence-corrected chi connectivity index (χ1v) is 10.9. The van der Waals surface area contributed by atoms with Gasteiger partial charge in [-0.1, -0.05) is 44.2 Å². The van der Waals surface area contributed by atoms with E-state index in [1.54, 1.807) is 0 Å². The molecule has 0 saturated carbocycles. The minimum atomic E-state index is 0.104. The van der Waals surface area contributed by atoms with E-state index in [9.17, 15) is 4.79 Å². The second kappa shape index (κ2) is 8.18. The van der Waals surface area contributed by atoms with Crippen molar-refractivity contribution in [3.05, 3.63) is 41.5 Å². The number of benzene rings is 1. The number of rotatable bonds is 5. The van der Waals surface area contributed by atoms with Crippen LogP contribution in [0.3, 0.4) is 0 Å². The summed E-state index contributed by atoms with van der Waals surface area (Å²) >= 11 is 0. The van der Waals surface area contributed by atoms with Gasteiger partial charge in [0.05, 0.1) is 0 Å². The molecule has 0 aromatic heterocycles. The molecule has 2 atom stereocenters. The van der Waals surface area contributed by atoms with Gasteiger partial charge in [0, 0.05) is 31.5 Å². The fraction of sp³-hybridized carbons (Fsp3) is 0.625. The average Bonchev–Trinajstić information content (AvgIpc) is 3.35. The second-order valence-electron chi connectivity index (χ2n) is 9.00. The summed E-state index contributed by atoms with van der Waals surface area (Å²) in [5.74, 6) is 1.59. The smallest absolute Gasteiger partial charge is 0.225 e. The van der Waals surface area contributed by atoms with Gasteiger partial charge in [-0.3, -0.25) is 4.79 Å². The number of carbonyl (C=O) groups is 1. The van der Waals surface area contributed by atoms with Crippen molar-refractivity contribution >= 4 is 11.5 Å². The molecule has 1 aliphatic carbocycles. The minimum Gasteiger partial charge on any atom is -0.342 e. The molecule has 2 heterocycles. The largest absolute Gasteiger partial charge is 0.342 e. The van der Waals surface area contributed by atoms with E-state index < -0.39 is 0 Å². The van der Waals surface area contributed by atoms with Crippen LogP contribution in [0.2, 0.25) is 0 Å². The number of hydrogen-bond acceptors (Lipinski definition) is 2. The van der Waals surface area contributed by atoms with Crippen molar-refractivity contribution in [3.8, 4) is 0 Å². The van der Waals surface area contributed by atoms with Crippen LogP contribution in [-0.2, 0) is 11.2 Å². The zero-order valence-electron chi connectivity index (χ0n) is 17.0. The molecule has 0 radical (unpaired) electrons. The van der Waals surface area contributed by atoms with E-state index in [-0.39, 0.29) is 5.92 Å². The molecule has 2 aliphatic heterocycles. The lowest BCUT2D eigenvalue weighted by Gasteiger charge is -2.26. The van der Waals surface area contributed by atoms with E-state index in [2.05, 4.69) is 40.1 Å². The Kier molecular flexibility index (Phi) is 5.68. The van der Waals surface area contributed by atoms with Crippen molar-refractivity contribution in [2.45, 2.75) is 46.0 Å². The third-order valence-corrected chi connectivity index (χ3v) is 6.75. The maximum atomic E-state index is 12.5. The van der Waals surface area contributed by atoms with Crippen LogP contribution >= 0.6 is 0 Å². The summed E-state index contributed by atoms with van der Waals surface area (Å²) in [5.41, 5.74) is 4.30. The molecule has 2 fully saturated rings. The number of allylic oxidation sites excluding steroid dienone is 1. The van der Waals surface area contributed by atoms with Crippen molar-refractivity contribution in [2.24, 2.45) is 17.8 Å². The molecular weight excluding hydrogens is 332 g/mol. The Morgan fingerprint density at radius 2 is 1.85 bits per heavy atom. The van der Waals surface area contributed by atoms with Crippen molar-refractivity contribution in [1.29, 1.82) is 0 Å². The first kappa shape index (κ1) is 18.7. The SMILES string of the molecule is CC(C)C(=O)N1C[C@H]2CCC=C(c3ccc(CCN4CCCC4)cc3)[C@H]2C1. The van der Waals surface area contributed by atoms with Crippen LogP contribution in [0.5, 0.6) is 0 Å². The van der Waals surface area contributed by atoms with E-state index in [1.807, 2.05) is 13.8 Å². The summed E-state index contributed by atoms with van der Waals surface area (Å²) in [7, 11) is 0. The Bertz CT molecular complexity index is 685. The summed E-state index contributed by atoms with van der Waals surface area (Å²) in [6, 6.07) is 9.28. The molecule has 27 heavy (non-hydrogen) atoms. The van der Waals surface area contributed by atoms with Gasteiger partial charge >= 0.3 is 0 Å². The first-order chi connectivity index (χ1) is 13.1. The Balaban J connectivity index is 1.41. The zero-order chi connectivity index (χ0) is 18.8. The van der Waals surface area contributed by atoms with Gasteiger partial charge in [-0.15, -0.1) is 0 Å². The molecule has 0 unspecified atom stereocenters. The summed E-state index contributed by atoms with van der Waals surface area (Å²) in [5, 5.41) is 0. The number of fused-ring (bicyclic) bond motifs is 1. The van der Waals surface area contributed by atoms with Gasteiger partial charge in [0.2, 0.25) is 5.91 Å². The van der Waals surface area contributed by atoms with Gasteiger partial charge in [0.25, 0.3) is 0 Å². The third-order valence-electron chi connectivity index (χ3n) is 6.75. The van der Waals surface area contributed by atoms with E-state index in [4.69, 9.17) is 0 Å². The van der Waals surface area contributed by atoms with Crippen LogP contribution in [0, 0.1) is 17.8 Å². The molecule has 3 aliphatic rings. The number of nitrogens with zero attached hydrogens (tertiary/aromatic N) is 2. The zero-order valence-corrected chi connectivity index (χ0v) is 17.0. The van der Waals surface area contributed by atoms with Crippen LogP contribution < -0.4 is 0 Å². The van der Waals surface area contributed by atoms with E-state index in [0.29, 0.717) is 17.7 Å². The van der Waals surface area contributed by atoms with E-state index in [1.165, 1.54) is 55.6 Å². The molecule has 0 N–H and O–H groups in total. The maximum Gasteiger partial charge on any atom is 0.225 e. The molecule has 3 heteroatoms. The highest BCUT2D eigenvalue weighted by Crippen LogP contribution is 2.41. The monoisotopic (exact) mass is 366 g/mol. The molecule has 146 valence electrons. The van der Waals surface area contributed by atoms with Gasteiger partial charge < -0.3 is 9.80 Å². The van der Waals surface area contributed by atoms with Gasteiger partial charge in [0.15, 0.2) is 0 Å². The minimum absolute atomic E-state index is 0.104. The predicted octanol–water partition coefficient (Wildman–Crippen LogP) is 4.23. The number of likely N-dealkylation sites (tertiary alicyclic amines) is 2. The molecule has 3 nitrogen and oxygen atoms in total. The molecule has 0 bridgehead atoms. The lowest BCUT2D eigenvalue weighted by molar-refractivity contribution is -0.133. The molecule has 1 aromatic rings. The summed E-state index contributed by atoms with van der Waals surface area (Å²) in [4.78, 5) is 17.2. The van der Waals surface area contributed by atoms with Gasteiger partial charge in [0.1, 0.15) is 0 Å². The summed E-state index contributed by atoms with van der Waals surface area (Å²) in [6.45, 7) is 9.64. The second-order valence-corrected chi connectivity index (χ2v) is 9.00. The summed E-state index contributed by atoms with van der Waals surface area (Å²) < 4.78 is 0. The highest BCUT2D eigenvalue weighted by molar-refractivity contribution is 5.79. The Morgan fingerprint density at radius 3 is 2.56 bits per heavy atom. The van der Waals surface area contributed by atoms with Crippen LogP contribution in [0.4, 0.5) is 0 Å². The van der Waals surface area contributed by atoms with Crippen LogP contribution in [0.25, 0.3) is 5.57 Å². The fourth-order valence-corrected chi connectivity index (χ4v) is 5.15. The number of carbonyl (C=O) groups excluding carboxylic acids is 1. The number of amides is 1. The fourth-order valence-electron chi connectivity index (χ4n) is 5.15. The summed E-state index contributed by atoms with van der Waals surface area (Å²) in [6.07, 6.45) is 8.70. The maximum absolute atomic E-state index is 12.5. The van der Waals surface area contributed by atoms with Crippen molar-refractivity contribution in [3.63, 3.8) is 0 Å². The van der Waals surface area contributed by atoms with Gasteiger partial charge in [-0.05, 0) is 67.8 Å². The third kappa shape index (κ3) is 4.13. The molecular formula is C24H34N2O. The highest BCUT2D eigenvalue weighted by Gasteiger charge is 2.39. The standard InChI is InChI=1S/C24H34N2O/c1-18(2)24(27)26-16-21-6-5-7-22(23(21)17-26)20-10-8-19(9-11-20)12-15-25-13-3-4-14-25/h7-11,18,21,23H,3-6,12-17H2,1-2H3/t21-,23+/m1/s1. The van der Waals surface area contributed by atoms with Crippen molar-refractivity contribution in [1.82, 2.24) is 9.80 Å². The molecule has 1 amide bonds. The normalized spacial score (nSPS) is 25.7. The Morgan fingerprint density at radius 1 is 1.11 bits per heavy atom. The lowest BCUT2D eigenvalue weighted by atomic mass is 9.78.